The van der Waals surface area contributed by atoms with Crippen LogP contribution in [-0.2, 0) is 0 Å². The summed E-state index contributed by atoms with van der Waals surface area (Å²) >= 11 is 0. The number of rotatable bonds is 2. The molecule has 2 heterocycles. The normalized spacial score (nSPS) is 11.9. The predicted molar refractivity (Wildman–Crippen MR) is 148 cm³/mol. The molecule has 2 aromatic heterocycles. The summed E-state index contributed by atoms with van der Waals surface area (Å²) in [6.07, 6.45) is 3.56. The van der Waals surface area contributed by atoms with Gasteiger partial charge in [0, 0.05) is 6.20 Å². The summed E-state index contributed by atoms with van der Waals surface area (Å²) in [5, 5.41) is 7.76. The maximum absolute atomic E-state index is 5.47. The molecule has 168 valence electrons. The summed E-state index contributed by atoms with van der Waals surface area (Å²) in [7, 11) is 0. The number of oxazole rings is 1. The van der Waals surface area contributed by atoms with Gasteiger partial charge in [-0.3, -0.25) is 4.40 Å². The van der Waals surface area contributed by atoms with Crippen LogP contribution in [0.5, 0.6) is 0 Å². The first-order valence-electron chi connectivity index (χ1n) is 12.1. The Morgan fingerprint density at radius 3 is 1.81 bits per heavy atom. The highest BCUT2D eigenvalue weighted by Gasteiger charge is 2.11. The third-order valence-corrected chi connectivity index (χ3v) is 7.31. The van der Waals surface area contributed by atoms with E-state index in [9.17, 15) is 0 Å². The molecule has 0 aliphatic carbocycles. The highest BCUT2D eigenvalue weighted by atomic mass is 16.3. The van der Waals surface area contributed by atoms with Crippen molar-refractivity contribution in [3.05, 3.63) is 122 Å². The Labute approximate surface area is 206 Å². The van der Waals surface area contributed by atoms with E-state index in [0.717, 1.165) is 16.6 Å². The van der Waals surface area contributed by atoms with Crippen LogP contribution in [-0.4, -0.2) is 9.38 Å². The molecule has 3 heteroatoms. The van der Waals surface area contributed by atoms with Gasteiger partial charge in [-0.25, -0.2) is 0 Å². The van der Waals surface area contributed by atoms with Gasteiger partial charge >= 0.3 is 5.84 Å². The number of imidazole rings is 1. The lowest BCUT2D eigenvalue weighted by molar-refractivity contribution is 0.597. The molecule has 0 unspecified atom stereocenters. The fraction of sp³-hybridized carbons (Fsp3) is 0. The fourth-order valence-corrected chi connectivity index (χ4v) is 5.60. The van der Waals surface area contributed by atoms with Crippen molar-refractivity contribution in [2.45, 2.75) is 0 Å². The number of hydrogen-bond donors (Lipinski definition) is 0. The number of nitrogens with zero attached hydrogens (tertiary/aromatic N) is 2. The van der Waals surface area contributed by atoms with Crippen molar-refractivity contribution >= 4 is 49.2 Å². The molecule has 36 heavy (non-hydrogen) atoms. The standard InChI is InChI=1S/C33H20N2O/c1-2-10-27-25(8-1)26-9-3-4-11-28(26)30-19-23(12-14-29(27)30)21-6-5-7-22(18-21)24-13-15-32-31(20-24)34-33-35(32)16-17-36-33/h1-20H. The summed E-state index contributed by atoms with van der Waals surface area (Å²) in [5.41, 5.74) is 6.70. The molecule has 0 aliphatic heterocycles. The van der Waals surface area contributed by atoms with Crippen molar-refractivity contribution in [1.82, 2.24) is 9.38 Å². The van der Waals surface area contributed by atoms with Crippen LogP contribution < -0.4 is 0 Å². The largest absolute Gasteiger partial charge is 0.432 e. The Bertz CT molecular complexity index is 2080. The summed E-state index contributed by atoms with van der Waals surface area (Å²) in [4.78, 5) is 4.63. The van der Waals surface area contributed by atoms with Gasteiger partial charge in [0.15, 0.2) is 0 Å². The average molecular weight is 461 g/mol. The number of fused-ring (bicyclic) bond motifs is 9. The molecule has 0 aliphatic rings. The van der Waals surface area contributed by atoms with Crippen LogP contribution in [0.2, 0.25) is 0 Å². The minimum absolute atomic E-state index is 0.617. The maximum Gasteiger partial charge on any atom is 0.306 e. The molecule has 0 N–H and O–H groups in total. The van der Waals surface area contributed by atoms with Crippen LogP contribution in [0.1, 0.15) is 0 Å². The number of aromatic nitrogens is 2. The molecule has 0 saturated heterocycles. The number of hydrogen-bond acceptors (Lipinski definition) is 2. The van der Waals surface area contributed by atoms with Gasteiger partial charge in [-0.15, -0.1) is 0 Å². The molecule has 0 spiro atoms. The van der Waals surface area contributed by atoms with E-state index in [4.69, 9.17) is 4.42 Å². The van der Waals surface area contributed by atoms with E-state index in [0.29, 0.717) is 5.84 Å². The van der Waals surface area contributed by atoms with Gasteiger partial charge < -0.3 is 4.42 Å². The van der Waals surface area contributed by atoms with Crippen LogP contribution in [0.25, 0.3) is 71.4 Å². The summed E-state index contributed by atoms with van der Waals surface area (Å²) in [6.45, 7) is 0. The van der Waals surface area contributed by atoms with Crippen LogP contribution in [0.3, 0.4) is 0 Å². The molecule has 8 aromatic rings. The Kier molecular flexibility index (Phi) is 3.94. The van der Waals surface area contributed by atoms with Crippen molar-refractivity contribution in [2.24, 2.45) is 0 Å². The Morgan fingerprint density at radius 2 is 1.08 bits per heavy atom. The van der Waals surface area contributed by atoms with Crippen LogP contribution in [0.15, 0.2) is 126 Å². The van der Waals surface area contributed by atoms with Gasteiger partial charge in [0.05, 0.1) is 11.0 Å². The van der Waals surface area contributed by atoms with E-state index in [-0.39, 0.29) is 0 Å². The molecule has 6 aromatic carbocycles. The molecule has 0 amide bonds. The second-order valence-electron chi connectivity index (χ2n) is 9.30. The zero-order valence-corrected chi connectivity index (χ0v) is 19.3. The van der Waals surface area contributed by atoms with E-state index >= 15 is 0 Å². The molecule has 0 fully saturated rings. The van der Waals surface area contributed by atoms with Crippen LogP contribution in [0.4, 0.5) is 0 Å². The summed E-state index contributed by atoms with van der Waals surface area (Å²) < 4.78 is 7.44. The minimum atomic E-state index is 0.617. The quantitative estimate of drug-likeness (QED) is 0.241. The lowest BCUT2D eigenvalue weighted by Crippen LogP contribution is -1.86. The van der Waals surface area contributed by atoms with E-state index < -0.39 is 0 Å². The summed E-state index contributed by atoms with van der Waals surface area (Å²) in [6, 6.07) is 39.5. The Balaban J connectivity index is 1.30. The van der Waals surface area contributed by atoms with Gasteiger partial charge in [-0.05, 0) is 78.8 Å². The maximum atomic E-state index is 5.47. The highest BCUT2D eigenvalue weighted by Crippen LogP contribution is 2.37. The monoisotopic (exact) mass is 460 g/mol. The van der Waals surface area contributed by atoms with E-state index in [1.54, 1.807) is 6.26 Å². The first-order chi connectivity index (χ1) is 17.8. The van der Waals surface area contributed by atoms with Crippen LogP contribution in [0, 0.1) is 0 Å². The van der Waals surface area contributed by atoms with E-state index in [1.165, 1.54) is 49.0 Å². The zero-order chi connectivity index (χ0) is 23.6. The second kappa shape index (κ2) is 7.30. The van der Waals surface area contributed by atoms with Crippen molar-refractivity contribution in [2.75, 3.05) is 0 Å². The fourth-order valence-electron chi connectivity index (χ4n) is 5.60. The van der Waals surface area contributed by atoms with Crippen molar-refractivity contribution in [1.29, 1.82) is 0 Å². The Hall–Kier alpha value is -4.89. The lowest BCUT2D eigenvalue weighted by Gasteiger charge is -2.12. The molecular weight excluding hydrogens is 440 g/mol. The minimum Gasteiger partial charge on any atom is -0.432 e. The zero-order valence-electron chi connectivity index (χ0n) is 19.3. The molecule has 8 rings (SSSR count). The third-order valence-electron chi connectivity index (χ3n) is 7.31. The van der Waals surface area contributed by atoms with Gasteiger partial charge in [0.25, 0.3) is 0 Å². The molecule has 3 nitrogen and oxygen atoms in total. The summed E-state index contributed by atoms with van der Waals surface area (Å²) in [5.74, 6) is 0.617. The van der Waals surface area contributed by atoms with Gasteiger partial charge in [-0.1, -0.05) is 84.9 Å². The Morgan fingerprint density at radius 1 is 0.500 bits per heavy atom. The average Bonchev–Trinajstić information content (AvgIpc) is 3.54. The SMILES string of the molecule is c1cc(-c2ccc3c(c2)nc2occn23)cc(-c2ccc3c4ccccc4c4ccccc4c3c2)c1. The number of benzene rings is 6. The van der Waals surface area contributed by atoms with E-state index in [1.807, 2.05) is 10.6 Å². The van der Waals surface area contributed by atoms with Gasteiger partial charge in [0.2, 0.25) is 0 Å². The first-order valence-corrected chi connectivity index (χ1v) is 12.1. The topological polar surface area (TPSA) is 30.4 Å². The second-order valence-corrected chi connectivity index (χ2v) is 9.30. The predicted octanol–water partition coefficient (Wildman–Crippen LogP) is 8.87. The van der Waals surface area contributed by atoms with Crippen molar-refractivity contribution < 1.29 is 4.42 Å². The molecule has 0 radical (unpaired) electrons. The lowest BCUT2D eigenvalue weighted by atomic mass is 9.91. The smallest absolute Gasteiger partial charge is 0.306 e. The molecule has 0 bridgehead atoms. The van der Waals surface area contributed by atoms with Gasteiger partial charge in [0.1, 0.15) is 6.26 Å². The van der Waals surface area contributed by atoms with Crippen molar-refractivity contribution in [3.63, 3.8) is 0 Å². The first kappa shape index (κ1) is 19.4. The third kappa shape index (κ3) is 2.77. The van der Waals surface area contributed by atoms with Crippen molar-refractivity contribution in [3.8, 4) is 22.3 Å². The van der Waals surface area contributed by atoms with Crippen LogP contribution >= 0.6 is 0 Å². The molecule has 0 saturated carbocycles. The molecular formula is C33H20N2O. The van der Waals surface area contributed by atoms with Gasteiger partial charge in [-0.2, -0.15) is 4.98 Å². The highest BCUT2D eigenvalue weighted by molar-refractivity contribution is 6.25. The molecule has 0 atom stereocenters. The van der Waals surface area contributed by atoms with E-state index in [2.05, 4.69) is 114 Å².